The molecular weight excluding hydrogens is 352 g/mol. The Labute approximate surface area is 167 Å². The molecule has 3 rings (SSSR count). The number of piperidine rings is 1. The normalized spacial score (nSPS) is 17.9. The van der Waals surface area contributed by atoms with Crippen molar-refractivity contribution < 1.29 is 9.52 Å². The van der Waals surface area contributed by atoms with E-state index in [1.807, 2.05) is 42.5 Å². The van der Waals surface area contributed by atoms with Gasteiger partial charge in [-0.1, -0.05) is 36.8 Å². The summed E-state index contributed by atoms with van der Waals surface area (Å²) in [5, 5.41) is 16.6. The molecule has 2 heterocycles. The molecule has 2 unspecified atom stereocenters. The number of furan rings is 1. The average molecular weight is 385 g/mol. The summed E-state index contributed by atoms with van der Waals surface area (Å²) in [5.41, 5.74) is 1.12. The predicted molar refractivity (Wildman–Crippen MR) is 113 cm³/mol. The lowest BCUT2D eigenvalue weighted by molar-refractivity contribution is 0.146. The van der Waals surface area contributed by atoms with Crippen molar-refractivity contribution >= 4 is 5.96 Å². The Hall–Kier alpha value is -2.31. The van der Waals surface area contributed by atoms with Gasteiger partial charge in [-0.2, -0.15) is 0 Å². The van der Waals surface area contributed by atoms with E-state index in [4.69, 9.17) is 4.42 Å². The van der Waals surface area contributed by atoms with Crippen molar-refractivity contribution in [2.24, 2.45) is 4.99 Å². The zero-order valence-corrected chi connectivity index (χ0v) is 16.7. The molecule has 6 nitrogen and oxygen atoms in total. The molecule has 0 amide bonds. The molecule has 6 heteroatoms. The molecule has 3 N–H and O–H groups in total. The zero-order valence-electron chi connectivity index (χ0n) is 16.7. The molecule has 1 aromatic heterocycles. The fourth-order valence-electron chi connectivity index (χ4n) is 3.77. The van der Waals surface area contributed by atoms with E-state index in [0.29, 0.717) is 6.54 Å². The van der Waals surface area contributed by atoms with Crippen LogP contribution in [-0.4, -0.2) is 55.8 Å². The molecule has 1 aromatic carbocycles. The fourth-order valence-corrected chi connectivity index (χ4v) is 3.77. The largest absolute Gasteiger partial charge is 0.468 e. The first-order valence-corrected chi connectivity index (χ1v) is 10.2. The number of likely N-dealkylation sites (tertiary alicyclic amines) is 1. The Morgan fingerprint density at radius 2 is 1.82 bits per heavy atom. The zero-order chi connectivity index (χ0) is 19.6. The lowest BCUT2D eigenvalue weighted by Crippen LogP contribution is -2.45. The second-order valence-electron chi connectivity index (χ2n) is 7.25. The predicted octanol–water partition coefficient (Wildman–Crippen LogP) is 2.75. The molecule has 1 aliphatic rings. The van der Waals surface area contributed by atoms with Gasteiger partial charge in [-0.15, -0.1) is 0 Å². The molecule has 28 heavy (non-hydrogen) atoms. The summed E-state index contributed by atoms with van der Waals surface area (Å²) in [7, 11) is 1.77. The van der Waals surface area contributed by atoms with Crippen LogP contribution in [0.3, 0.4) is 0 Å². The van der Waals surface area contributed by atoms with Gasteiger partial charge >= 0.3 is 0 Å². The van der Waals surface area contributed by atoms with Crippen molar-refractivity contribution in [1.29, 1.82) is 0 Å². The lowest BCUT2D eigenvalue weighted by Gasteiger charge is -2.33. The third-order valence-corrected chi connectivity index (χ3v) is 5.40. The minimum atomic E-state index is 0.0303. The molecule has 0 aliphatic carbocycles. The first kappa shape index (κ1) is 20.4. The summed E-state index contributed by atoms with van der Waals surface area (Å²) in [6.07, 6.45) is 5.52. The Balaban J connectivity index is 1.57. The summed E-state index contributed by atoms with van der Waals surface area (Å²) < 4.78 is 5.71. The van der Waals surface area contributed by atoms with Gasteiger partial charge < -0.3 is 20.2 Å². The number of aliphatic hydroxyl groups excluding tert-OH is 1. The third kappa shape index (κ3) is 5.59. The number of hydrogen-bond donors (Lipinski definition) is 3. The van der Waals surface area contributed by atoms with Gasteiger partial charge in [0, 0.05) is 26.1 Å². The fraction of sp³-hybridized carbons (Fsp3) is 0.500. The molecule has 0 radical (unpaired) electrons. The number of rotatable bonds is 8. The van der Waals surface area contributed by atoms with Gasteiger partial charge in [-0.05, 0) is 43.6 Å². The van der Waals surface area contributed by atoms with Crippen LogP contribution in [0.1, 0.15) is 42.5 Å². The minimum absolute atomic E-state index is 0.0303. The maximum atomic E-state index is 9.76. The highest BCUT2D eigenvalue weighted by Crippen LogP contribution is 2.24. The summed E-state index contributed by atoms with van der Waals surface area (Å²) in [6.45, 7) is 3.63. The van der Waals surface area contributed by atoms with Crippen LogP contribution in [0.4, 0.5) is 0 Å². The molecule has 2 aromatic rings. The molecule has 1 aliphatic heterocycles. The highest BCUT2D eigenvalue weighted by atomic mass is 16.3. The number of nitrogens with zero attached hydrogens (tertiary/aromatic N) is 2. The molecule has 0 bridgehead atoms. The van der Waals surface area contributed by atoms with Gasteiger partial charge in [0.25, 0.3) is 0 Å². The van der Waals surface area contributed by atoms with E-state index >= 15 is 0 Å². The van der Waals surface area contributed by atoms with Gasteiger partial charge in [-0.25, -0.2) is 0 Å². The number of hydrogen-bond acceptors (Lipinski definition) is 4. The molecular formula is C22H32N4O2. The summed E-state index contributed by atoms with van der Waals surface area (Å²) in [6, 6.07) is 14.3. The number of aliphatic hydroxyl groups is 1. The van der Waals surface area contributed by atoms with E-state index in [0.717, 1.165) is 36.9 Å². The molecule has 1 saturated heterocycles. The Kier molecular flexibility index (Phi) is 7.94. The quantitative estimate of drug-likeness (QED) is 0.482. The topological polar surface area (TPSA) is 73.0 Å². The van der Waals surface area contributed by atoms with Gasteiger partial charge in [0.1, 0.15) is 5.76 Å². The van der Waals surface area contributed by atoms with Crippen LogP contribution in [0.5, 0.6) is 0 Å². The van der Waals surface area contributed by atoms with Crippen LogP contribution in [0.15, 0.2) is 58.1 Å². The van der Waals surface area contributed by atoms with Gasteiger partial charge in [0.05, 0.1) is 18.9 Å². The summed E-state index contributed by atoms with van der Waals surface area (Å²) >= 11 is 0. The molecule has 1 fully saturated rings. The molecule has 2 atom stereocenters. The van der Waals surface area contributed by atoms with Crippen molar-refractivity contribution in [3.8, 4) is 0 Å². The first-order chi connectivity index (χ1) is 13.8. The average Bonchev–Trinajstić information content (AvgIpc) is 3.29. The second kappa shape index (κ2) is 10.9. The maximum absolute atomic E-state index is 9.76. The van der Waals surface area contributed by atoms with E-state index < -0.39 is 0 Å². The van der Waals surface area contributed by atoms with E-state index in [9.17, 15) is 5.11 Å². The number of nitrogens with one attached hydrogen (secondary N) is 2. The lowest BCUT2D eigenvalue weighted by atomic mass is 10.0. The van der Waals surface area contributed by atoms with Crippen molar-refractivity contribution in [2.45, 2.75) is 31.2 Å². The second-order valence-corrected chi connectivity index (χ2v) is 7.25. The van der Waals surface area contributed by atoms with Crippen LogP contribution in [-0.2, 0) is 0 Å². The maximum Gasteiger partial charge on any atom is 0.191 e. The van der Waals surface area contributed by atoms with Crippen LogP contribution < -0.4 is 10.6 Å². The van der Waals surface area contributed by atoms with Crippen LogP contribution >= 0.6 is 0 Å². The highest BCUT2D eigenvalue weighted by molar-refractivity contribution is 5.79. The van der Waals surface area contributed by atoms with Gasteiger partial charge in [-0.3, -0.25) is 9.89 Å². The smallest absolute Gasteiger partial charge is 0.191 e. The minimum Gasteiger partial charge on any atom is -0.468 e. The monoisotopic (exact) mass is 384 g/mol. The standard InChI is InChI=1S/C22H32N4O2/c1-23-22(24-15-19(17-27)18-9-4-2-5-10-18)25-16-20(21-11-8-14-28-21)26-12-6-3-7-13-26/h2,4-5,8-11,14,19-20,27H,3,6-7,12-13,15-17H2,1H3,(H2,23,24,25). The number of guanidine groups is 1. The van der Waals surface area contributed by atoms with Crippen molar-refractivity contribution in [3.63, 3.8) is 0 Å². The third-order valence-electron chi connectivity index (χ3n) is 5.40. The van der Waals surface area contributed by atoms with E-state index in [1.165, 1.54) is 19.3 Å². The van der Waals surface area contributed by atoms with E-state index in [2.05, 4.69) is 20.5 Å². The van der Waals surface area contributed by atoms with Crippen LogP contribution in [0.2, 0.25) is 0 Å². The van der Waals surface area contributed by atoms with E-state index in [1.54, 1.807) is 13.3 Å². The Bertz CT molecular complexity index is 697. The van der Waals surface area contributed by atoms with Crippen molar-refractivity contribution in [1.82, 2.24) is 15.5 Å². The van der Waals surface area contributed by atoms with Gasteiger partial charge in [0.15, 0.2) is 5.96 Å². The number of benzene rings is 1. The number of aliphatic imine (C=N–C) groups is 1. The Morgan fingerprint density at radius 1 is 1.07 bits per heavy atom. The molecule has 152 valence electrons. The van der Waals surface area contributed by atoms with Crippen molar-refractivity contribution in [2.75, 3.05) is 39.8 Å². The van der Waals surface area contributed by atoms with E-state index in [-0.39, 0.29) is 18.6 Å². The Morgan fingerprint density at radius 3 is 2.46 bits per heavy atom. The highest BCUT2D eigenvalue weighted by Gasteiger charge is 2.24. The van der Waals surface area contributed by atoms with Gasteiger partial charge in [0.2, 0.25) is 0 Å². The van der Waals surface area contributed by atoms with Crippen LogP contribution in [0, 0.1) is 0 Å². The molecule has 0 spiro atoms. The summed E-state index contributed by atoms with van der Waals surface area (Å²) in [5.74, 6) is 1.76. The molecule has 0 saturated carbocycles. The van der Waals surface area contributed by atoms with Crippen LogP contribution in [0.25, 0.3) is 0 Å². The summed E-state index contributed by atoms with van der Waals surface area (Å²) in [4.78, 5) is 6.84. The SMILES string of the molecule is CN=C(NCC(CO)c1ccccc1)NCC(c1ccco1)N1CCCCC1. The van der Waals surface area contributed by atoms with Crippen molar-refractivity contribution in [3.05, 3.63) is 60.1 Å². The first-order valence-electron chi connectivity index (χ1n) is 10.2.